The fourth-order valence-corrected chi connectivity index (χ4v) is 0.655. The second kappa shape index (κ2) is 15.1. The number of ketones is 2. The van der Waals surface area contributed by atoms with E-state index in [9.17, 15) is 29.4 Å². The second-order valence-corrected chi connectivity index (χ2v) is 3.08. The normalized spacial score (nSPS) is 8.00. The number of allylic oxidation sites excluding steroid dienone is 2. The summed E-state index contributed by atoms with van der Waals surface area (Å²) in [4.78, 5) is 40.1. The third-order valence-corrected chi connectivity index (χ3v) is 1.61. The molecule has 0 N–H and O–H groups in total. The molecule has 19 heavy (non-hydrogen) atoms. The molecule has 0 heterocycles. The first kappa shape index (κ1) is 23.1. The Balaban J connectivity index is -0.000000256. The van der Waals surface area contributed by atoms with Crippen LogP contribution in [0, 0.1) is 0 Å². The largest absolute Gasteiger partial charge is 2.00 e. The van der Waals surface area contributed by atoms with Gasteiger partial charge in [-0.05, 0) is 25.0 Å². The van der Waals surface area contributed by atoms with Crippen molar-refractivity contribution in [3.63, 3.8) is 0 Å². The van der Waals surface area contributed by atoms with Crippen molar-refractivity contribution in [2.75, 3.05) is 0 Å². The zero-order valence-electron chi connectivity index (χ0n) is 10.6. The fourth-order valence-electron chi connectivity index (χ4n) is 0.655. The van der Waals surface area contributed by atoms with Crippen LogP contribution in [0.3, 0.4) is 0 Å². The molecule has 7 heteroatoms. The molecule has 0 atom stereocenters. The summed E-state index contributed by atoms with van der Waals surface area (Å²) in [5.41, 5.74) is 0. The molecular formula is C12H14CaO6. The first-order valence-corrected chi connectivity index (χ1v) is 5.03. The monoisotopic (exact) mass is 294 g/mol. The molecule has 0 aromatic carbocycles. The summed E-state index contributed by atoms with van der Waals surface area (Å²) in [6.07, 6.45) is 1.75. The summed E-state index contributed by atoms with van der Waals surface area (Å²) in [7, 11) is 0. The minimum absolute atomic E-state index is 0. The maximum Gasteiger partial charge on any atom is 2.00 e. The van der Waals surface area contributed by atoms with Crippen LogP contribution >= 0.6 is 0 Å². The van der Waals surface area contributed by atoms with Crippen molar-refractivity contribution in [3.8, 4) is 0 Å². The predicted octanol–water partition coefficient (Wildman–Crippen LogP) is -1.84. The Morgan fingerprint density at radius 2 is 1.00 bits per heavy atom. The molecule has 0 aliphatic heterocycles. The summed E-state index contributed by atoms with van der Waals surface area (Å²) in [6.45, 7) is 6.35. The molecule has 0 amide bonds. The van der Waals surface area contributed by atoms with E-state index in [0.717, 1.165) is 12.2 Å². The number of carbonyl (C=O) groups is 4. The molecule has 0 rings (SSSR count). The van der Waals surface area contributed by atoms with Gasteiger partial charge in [0.25, 0.3) is 0 Å². The number of hydrogen-bond donors (Lipinski definition) is 0. The standard InChI is InChI=1S/2C6H8O3.Ca/c2*1-2-5(7)3-4-6(8)9;/h2*2H,1,3-4H2,(H,8,9);/q;;+2/p-2. The molecule has 0 unspecified atom stereocenters. The minimum atomic E-state index is -1.20. The van der Waals surface area contributed by atoms with Crippen molar-refractivity contribution in [2.45, 2.75) is 25.7 Å². The summed E-state index contributed by atoms with van der Waals surface area (Å²) in [5, 5.41) is 19.4. The third-order valence-electron chi connectivity index (χ3n) is 1.61. The molecule has 0 aromatic heterocycles. The van der Waals surface area contributed by atoms with Crippen LogP contribution in [0.2, 0.25) is 0 Å². The Morgan fingerprint density at radius 3 is 1.16 bits per heavy atom. The van der Waals surface area contributed by atoms with Gasteiger partial charge in [-0.2, -0.15) is 0 Å². The van der Waals surface area contributed by atoms with E-state index in [0.29, 0.717) is 0 Å². The summed E-state index contributed by atoms with van der Waals surface area (Å²) >= 11 is 0. The SMILES string of the molecule is C=CC(=O)CCC(=O)[O-].C=CC(=O)CCC(=O)[O-].[Ca+2]. The predicted molar refractivity (Wildman–Crippen MR) is 64.6 cm³/mol. The van der Waals surface area contributed by atoms with Gasteiger partial charge in [-0.3, -0.25) is 9.59 Å². The molecule has 0 spiro atoms. The number of aliphatic carboxylic acids is 2. The van der Waals surface area contributed by atoms with Gasteiger partial charge in [-0.15, -0.1) is 0 Å². The third kappa shape index (κ3) is 22.7. The van der Waals surface area contributed by atoms with Crippen LogP contribution in [0.5, 0.6) is 0 Å². The number of carboxylic acids is 2. The summed E-state index contributed by atoms with van der Waals surface area (Å²) < 4.78 is 0. The van der Waals surface area contributed by atoms with Crippen molar-refractivity contribution in [2.24, 2.45) is 0 Å². The molecule has 0 saturated heterocycles. The van der Waals surface area contributed by atoms with E-state index in [4.69, 9.17) is 0 Å². The van der Waals surface area contributed by atoms with E-state index in [-0.39, 0.29) is 75.0 Å². The molecule has 0 fully saturated rings. The van der Waals surface area contributed by atoms with Crippen LogP contribution in [0.15, 0.2) is 25.3 Å². The smallest absolute Gasteiger partial charge is 0.550 e. The zero-order chi connectivity index (χ0) is 14.6. The van der Waals surface area contributed by atoms with Crippen molar-refractivity contribution in [3.05, 3.63) is 25.3 Å². The van der Waals surface area contributed by atoms with Crippen LogP contribution in [0.1, 0.15) is 25.7 Å². The van der Waals surface area contributed by atoms with Crippen LogP contribution < -0.4 is 10.2 Å². The Hall–Kier alpha value is -0.980. The zero-order valence-corrected chi connectivity index (χ0v) is 12.8. The number of rotatable bonds is 8. The van der Waals surface area contributed by atoms with Crippen molar-refractivity contribution in [1.29, 1.82) is 0 Å². The molecule has 0 saturated carbocycles. The van der Waals surface area contributed by atoms with E-state index < -0.39 is 11.9 Å². The van der Waals surface area contributed by atoms with Crippen LogP contribution in [-0.4, -0.2) is 61.2 Å². The second-order valence-electron chi connectivity index (χ2n) is 3.08. The van der Waals surface area contributed by atoms with Gasteiger partial charge in [0.05, 0.1) is 0 Å². The average Bonchev–Trinajstić information content (AvgIpc) is 2.33. The maximum absolute atomic E-state index is 10.3. The Labute approximate surface area is 141 Å². The topological polar surface area (TPSA) is 114 Å². The molecule has 6 nitrogen and oxygen atoms in total. The van der Waals surface area contributed by atoms with E-state index in [2.05, 4.69) is 13.2 Å². The van der Waals surface area contributed by atoms with E-state index in [1.807, 2.05) is 0 Å². The fraction of sp³-hybridized carbons (Fsp3) is 0.333. The first-order chi connectivity index (χ1) is 8.33. The first-order valence-electron chi connectivity index (χ1n) is 5.03. The van der Waals surface area contributed by atoms with Crippen LogP contribution in [0.25, 0.3) is 0 Å². The van der Waals surface area contributed by atoms with Crippen molar-refractivity contribution in [1.82, 2.24) is 0 Å². The summed E-state index contributed by atoms with van der Waals surface area (Å²) in [5.74, 6) is -2.94. The number of carboxylic acid groups (broad SMARTS) is 2. The molecule has 0 aromatic rings. The molecule has 0 aliphatic carbocycles. The number of hydrogen-bond acceptors (Lipinski definition) is 6. The Kier molecular flexibility index (Phi) is 18.4. The Bertz CT molecular complexity index is 314. The van der Waals surface area contributed by atoms with Gasteiger partial charge < -0.3 is 19.8 Å². The quantitative estimate of drug-likeness (QED) is 0.384. The minimum Gasteiger partial charge on any atom is -0.550 e. The van der Waals surface area contributed by atoms with E-state index >= 15 is 0 Å². The van der Waals surface area contributed by atoms with Gasteiger partial charge in [0.1, 0.15) is 0 Å². The van der Waals surface area contributed by atoms with Gasteiger partial charge in [0, 0.05) is 24.8 Å². The molecule has 0 radical (unpaired) electrons. The van der Waals surface area contributed by atoms with Gasteiger partial charge in [0.15, 0.2) is 11.6 Å². The number of carbonyl (C=O) groups excluding carboxylic acids is 4. The molecular weight excluding hydrogens is 280 g/mol. The van der Waals surface area contributed by atoms with Gasteiger partial charge in [-0.25, -0.2) is 0 Å². The van der Waals surface area contributed by atoms with Crippen LogP contribution in [0.4, 0.5) is 0 Å². The average molecular weight is 294 g/mol. The molecule has 100 valence electrons. The molecule has 0 aliphatic rings. The van der Waals surface area contributed by atoms with Gasteiger partial charge in [0.2, 0.25) is 0 Å². The van der Waals surface area contributed by atoms with Gasteiger partial charge >= 0.3 is 37.7 Å². The van der Waals surface area contributed by atoms with E-state index in [1.165, 1.54) is 0 Å². The Morgan fingerprint density at radius 1 is 0.737 bits per heavy atom. The van der Waals surface area contributed by atoms with Gasteiger partial charge in [-0.1, -0.05) is 13.2 Å². The molecule has 0 bridgehead atoms. The van der Waals surface area contributed by atoms with Crippen molar-refractivity contribution >= 4 is 61.2 Å². The van der Waals surface area contributed by atoms with E-state index in [1.54, 1.807) is 0 Å². The maximum atomic E-state index is 10.3. The summed E-state index contributed by atoms with van der Waals surface area (Å²) in [6, 6.07) is 0. The van der Waals surface area contributed by atoms with Crippen LogP contribution in [-0.2, 0) is 19.2 Å². The van der Waals surface area contributed by atoms with Crippen molar-refractivity contribution < 1.29 is 29.4 Å².